The maximum Gasteiger partial charge on any atom is 0.234 e. The Labute approximate surface area is 135 Å². The maximum absolute atomic E-state index is 12.3. The molecule has 4 nitrogen and oxygen atoms in total. The van der Waals surface area contributed by atoms with Gasteiger partial charge in [0.05, 0.1) is 6.54 Å². The van der Waals surface area contributed by atoms with Crippen molar-refractivity contribution in [3.63, 3.8) is 0 Å². The van der Waals surface area contributed by atoms with E-state index in [4.69, 9.17) is 0 Å². The number of likely N-dealkylation sites (tertiary alicyclic amines) is 1. The number of nitrogens with zero attached hydrogens (tertiary/aromatic N) is 1. The second-order valence-electron chi connectivity index (χ2n) is 7.75. The molecule has 1 aliphatic carbocycles. The van der Waals surface area contributed by atoms with Gasteiger partial charge in [0.25, 0.3) is 0 Å². The van der Waals surface area contributed by atoms with Gasteiger partial charge in [0.1, 0.15) is 0 Å². The lowest BCUT2D eigenvalue weighted by Crippen LogP contribution is -2.48. The Hall–Kier alpha value is -0.610. The van der Waals surface area contributed by atoms with Crippen LogP contribution in [0.4, 0.5) is 0 Å². The van der Waals surface area contributed by atoms with Gasteiger partial charge in [-0.25, -0.2) is 0 Å². The van der Waals surface area contributed by atoms with E-state index in [9.17, 15) is 4.79 Å². The van der Waals surface area contributed by atoms with Crippen LogP contribution in [0.1, 0.15) is 58.3 Å². The number of hydrogen-bond acceptors (Lipinski definition) is 3. The standard InChI is InChI=1S/C18H33N3O/c1-14-5-2-3-6-16(14)20-18(22)13-21-11-8-15(9-12-21)17-7-4-10-19-17/h14-17,19H,2-13H2,1H3,(H,20,22). The van der Waals surface area contributed by atoms with Crippen molar-refractivity contribution in [2.75, 3.05) is 26.2 Å². The van der Waals surface area contributed by atoms with Gasteiger partial charge in [0, 0.05) is 12.1 Å². The summed E-state index contributed by atoms with van der Waals surface area (Å²) in [5.74, 6) is 1.73. The topological polar surface area (TPSA) is 44.4 Å². The van der Waals surface area contributed by atoms with Gasteiger partial charge in [0.2, 0.25) is 5.91 Å². The second kappa shape index (κ2) is 7.78. The van der Waals surface area contributed by atoms with Crippen LogP contribution in [0.3, 0.4) is 0 Å². The molecule has 1 saturated carbocycles. The molecule has 2 saturated heterocycles. The van der Waals surface area contributed by atoms with Crippen LogP contribution in [0.25, 0.3) is 0 Å². The molecule has 0 radical (unpaired) electrons. The molecule has 3 atom stereocenters. The predicted octanol–water partition coefficient (Wildman–Crippen LogP) is 2.15. The van der Waals surface area contributed by atoms with Gasteiger partial charge in [-0.15, -0.1) is 0 Å². The third kappa shape index (κ3) is 4.23. The first-order valence-electron chi connectivity index (χ1n) is 9.47. The minimum absolute atomic E-state index is 0.246. The van der Waals surface area contributed by atoms with Gasteiger partial charge < -0.3 is 10.6 Å². The van der Waals surface area contributed by atoms with Gasteiger partial charge in [-0.05, 0) is 70.0 Å². The highest BCUT2D eigenvalue weighted by Gasteiger charge is 2.29. The van der Waals surface area contributed by atoms with Crippen LogP contribution in [-0.4, -0.2) is 49.1 Å². The van der Waals surface area contributed by atoms with Gasteiger partial charge in [0.15, 0.2) is 0 Å². The average Bonchev–Trinajstić information content (AvgIpc) is 3.05. The van der Waals surface area contributed by atoms with Crippen molar-refractivity contribution in [1.82, 2.24) is 15.5 Å². The maximum atomic E-state index is 12.3. The minimum Gasteiger partial charge on any atom is -0.352 e. The van der Waals surface area contributed by atoms with E-state index in [1.807, 2.05) is 0 Å². The molecule has 2 aliphatic heterocycles. The van der Waals surface area contributed by atoms with E-state index in [-0.39, 0.29) is 5.91 Å². The molecular weight excluding hydrogens is 274 g/mol. The van der Waals surface area contributed by atoms with Crippen LogP contribution in [0.5, 0.6) is 0 Å². The van der Waals surface area contributed by atoms with Crippen molar-refractivity contribution in [1.29, 1.82) is 0 Å². The third-order valence-electron chi connectivity index (χ3n) is 6.12. The highest BCUT2D eigenvalue weighted by atomic mass is 16.2. The first-order chi connectivity index (χ1) is 10.7. The Morgan fingerprint density at radius 2 is 1.86 bits per heavy atom. The van der Waals surface area contributed by atoms with Crippen molar-refractivity contribution in [2.45, 2.75) is 70.4 Å². The molecule has 3 rings (SSSR count). The highest BCUT2D eigenvalue weighted by molar-refractivity contribution is 5.78. The lowest BCUT2D eigenvalue weighted by molar-refractivity contribution is -0.123. The van der Waals surface area contributed by atoms with Crippen molar-refractivity contribution >= 4 is 5.91 Å². The van der Waals surface area contributed by atoms with E-state index in [1.54, 1.807) is 0 Å². The second-order valence-corrected chi connectivity index (χ2v) is 7.75. The number of carbonyl (C=O) groups excluding carboxylic acids is 1. The molecule has 0 aromatic carbocycles. The van der Waals surface area contributed by atoms with Crippen molar-refractivity contribution in [3.05, 3.63) is 0 Å². The largest absolute Gasteiger partial charge is 0.352 e. The summed E-state index contributed by atoms with van der Waals surface area (Å²) < 4.78 is 0. The molecule has 22 heavy (non-hydrogen) atoms. The number of nitrogens with one attached hydrogen (secondary N) is 2. The lowest BCUT2D eigenvalue weighted by atomic mass is 9.86. The molecule has 3 unspecified atom stereocenters. The van der Waals surface area contributed by atoms with Crippen LogP contribution in [-0.2, 0) is 4.79 Å². The monoisotopic (exact) mass is 307 g/mol. The lowest BCUT2D eigenvalue weighted by Gasteiger charge is -2.35. The Kier molecular flexibility index (Phi) is 5.75. The molecule has 0 bridgehead atoms. The van der Waals surface area contributed by atoms with E-state index < -0.39 is 0 Å². The molecule has 3 fully saturated rings. The van der Waals surface area contributed by atoms with Crippen LogP contribution in [0.2, 0.25) is 0 Å². The molecule has 4 heteroatoms. The van der Waals surface area contributed by atoms with Crippen LogP contribution >= 0.6 is 0 Å². The summed E-state index contributed by atoms with van der Waals surface area (Å²) in [6, 6.07) is 1.17. The van der Waals surface area contributed by atoms with E-state index in [0.717, 1.165) is 25.0 Å². The molecule has 0 aromatic heterocycles. The van der Waals surface area contributed by atoms with Gasteiger partial charge in [-0.3, -0.25) is 9.69 Å². The van der Waals surface area contributed by atoms with Gasteiger partial charge >= 0.3 is 0 Å². The zero-order valence-electron chi connectivity index (χ0n) is 14.2. The fourth-order valence-electron chi connectivity index (χ4n) is 4.61. The molecule has 2 heterocycles. The first kappa shape index (κ1) is 16.3. The molecule has 1 amide bonds. The summed E-state index contributed by atoms with van der Waals surface area (Å²) in [6.07, 6.45) is 10.2. The fourth-order valence-corrected chi connectivity index (χ4v) is 4.61. The number of rotatable bonds is 4. The fraction of sp³-hybridized carbons (Fsp3) is 0.944. The van der Waals surface area contributed by atoms with Crippen LogP contribution in [0.15, 0.2) is 0 Å². The average molecular weight is 307 g/mol. The van der Waals surface area contributed by atoms with E-state index in [0.29, 0.717) is 18.5 Å². The van der Waals surface area contributed by atoms with E-state index in [1.165, 1.54) is 57.9 Å². The first-order valence-corrected chi connectivity index (χ1v) is 9.47. The zero-order chi connectivity index (χ0) is 15.4. The third-order valence-corrected chi connectivity index (χ3v) is 6.12. The quantitative estimate of drug-likeness (QED) is 0.836. The summed E-state index contributed by atoms with van der Waals surface area (Å²) in [7, 11) is 0. The molecule has 126 valence electrons. The Morgan fingerprint density at radius 3 is 2.55 bits per heavy atom. The van der Waals surface area contributed by atoms with Crippen LogP contribution in [0, 0.1) is 11.8 Å². The predicted molar refractivity (Wildman–Crippen MR) is 89.8 cm³/mol. The SMILES string of the molecule is CC1CCCCC1NC(=O)CN1CCC(C2CCCN2)CC1. The van der Waals surface area contributed by atoms with Gasteiger partial charge in [-0.1, -0.05) is 19.8 Å². The zero-order valence-corrected chi connectivity index (χ0v) is 14.2. The Morgan fingerprint density at radius 1 is 1.09 bits per heavy atom. The Bertz CT molecular complexity index is 359. The summed E-state index contributed by atoms with van der Waals surface area (Å²) in [6.45, 7) is 6.28. The number of hydrogen-bond donors (Lipinski definition) is 2. The summed E-state index contributed by atoms with van der Waals surface area (Å²) >= 11 is 0. The van der Waals surface area contributed by atoms with E-state index >= 15 is 0 Å². The van der Waals surface area contributed by atoms with E-state index in [2.05, 4.69) is 22.5 Å². The van der Waals surface area contributed by atoms with Crippen LogP contribution < -0.4 is 10.6 Å². The van der Waals surface area contributed by atoms with Crippen molar-refractivity contribution in [3.8, 4) is 0 Å². The normalized spacial score (nSPS) is 34.7. The van der Waals surface area contributed by atoms with Crippen molar-refractivity contribution < 1.29 is 4.79 Å². The minimum atomic E-state index is 0.246. The highest BCUT2D eigenvalue weighted by Crippen LogP contribution is 2.26. The summed E-state index contributed by atoms with van der Waals surface area (Å²) in [4.78, 5) is 14.7. The number of amides is 1. The molecule has 0 aromatic rings. The summed E-state index contributed by atoms with van der Waals surface area (Å²) in [5, 5.41) is 6.93. The molecule has 3 aliphatic rings. The van der Waals surface area contributed by atoms with Crippen molar-refractivity contribution in [2.24, 2.45) is 11.8 Å². The number of carbonyl (C=O) groups is 1. The number of piperidine rings is 1. The molecule has 0 spiro atoms. The smallest absolute Gasteiger partial charge is 0.234 e. The molecule has 2 N–H and O–H groups in total. The Balaban J connectivity index is 1.37. The van der Waals surface area contributed by atoms with Gasteiger partial charge in [-0.2, -0.15) is 0 Å². The molecular formula is C18H33N3O. The summed E-state index contributed by atoms with van der Waals surface area (Å²) in [5.41, 5.74) is 0.